The lowest BCUT2D eigenvalue weighted by Gasteiger charge is -2.27. The Morgan fingerprint density at radius 1 is 1.04 bits per heavy atom. The van der Waals surface area contributed by atoms with Crippen molar-refractivity contribution < 1.29 is 9.53 Å². The number of ether oxygens (including phenoxy) is 1. The molecule has 4 heteroatoms. The van der Waals surface area contributed by atoms with Crippen LogP contribution in [0.3, 0.4) is 0 Å². The average Bonchev–Trinajstić information content (AvgIpc) is 2.95. The van der Waals surface area contributed by atoms with Crippen molar-refractivity contribution >= 4 is 17.2 Å². The number of hydrogen-bond donors (Lipinski definition) is 0. The molecule has 3 aromatic rings. The minimum Gasteiger partial charge on any atom is -0.485 e. The molecule has 4 rings (SSSR count). The van der Waals surface area contributed by atoms with Crippen LogP contribution in [0.4, 0.5) is 11.4 Å². The molecule has 1 aliphatic rings. The first-order valence-electron chi connectivity index (χ1n) is 9.75. The first-order chi connectivity index (χ1) is 13.7. The number of benzene rings is 2. The van der Waals surface area contributed by atoms with E-state index < -0.39 is 0 Å². The van der Waals surface area contributed by atoms with Crippen molar-refractivity contribution in [3.05, 3.63) is 83.7 Å². The normalized spacial score (nSPS) is 13.5. The van der Waals surface area contributed by atoms with Gasteiger partial charge in [-0.2, -0.15) is 0 Å². The molecule has 0 amide bonds. The van der Waals surface area contributed by atoms with Crippen LogP contribution in [0.2, 0.25) is 0 Å². The number of hydrogen-bond acceptors (Lipinski definition) is 4. The van der Waals surface area contributed by atoms with Gasteiger partial charge in [0.1, 0.15) is 12.4 Å². The van der Waals surface area contributed by atoms with Crippen molar-refractivity contribution in [3.63, 3.8) is 0 Å². The Balaban J connectivity index is 1.73. The molecule has 2 aromatic carbocycles. The number of pyridine rings is 1. The number of anilines is 2. The van der Waals surface area contributed by atoms with Crippen LogP contribution in [0.25, 0.3) is 0 Å². The van der Waals surface area contributed by atoms with E-state index in [0.717, 1.165) is 42.9 Å². The molecular weight excluding hydrogens is 348 g/mol. The van der Waals surface area contributed by atoms with Gasteiger partial charge in [0.25, 0.3) is 0 Å². The predicted octanol–water partition coefficient (Wildman–Crippen LogP) is 5.34. The van der Waals surface area contributed by atoms with Crippen LogP contribution in [-0.4, -0.2) is 17.3 Å². The molecule has 0 spiro atoms. The molecule has 0 aliphatic carbocycles. The molecule has 0 fully saturated rings. The lowest BCUT2D eigenvalue weighted by molar-refractivity contribution is 0.101. The maximum absolute atomic E-state index is 12.0. The van der Waals surface area contributed by atoms with E-state index in [2.05, 4.69) is 34.1 Å². The van der Waals surface area contributed by atoms with Gasteiger partial charge in [-0.3, -0.25) is 9.78 Å². The number of aryl methyl sites for hydroxylation is 1. The Kier molecular flexibility index (Phi) is 5.38. The van der Waals surface area contributed by atoms with Gasteiger partial charge in [0, 0.05) is 24.0 Å². The Morgan fingerprint density at radius 2 is 1.89 bits per heavy atom. The van der Waals surface area contributed by atoms with E-state index in [9.17, 15) is 4.79 Å². The number of ketones is 1. The molecule has 0 radical (unpaired) electrons. The van der Waals surface area contributed by atoms with Gasteiger partial charge < -0.3 is 9.64 Å². The van der Waals surface area contributed by atoms with Crippen molar-refractivity contribution in [2.75, 3.05) is 11.4 Å². The van der Waals surface area contributed by atoms with Gasteiger partial charge in [0.15, 0.2) is 5.78 Å². The van der Waals surface area contributed by atoms with Crippen LogP contribution < -0.4 is 9.64 Å². The number of nitrogens with zero attached hydrogens (tertiary/aromatic N) is 2. The zero-order valence-electron chi connectivity index (χ0n) is 16.1. The second-order valence-electron chi connectivity index (χ2n) is 7.09. The summed E-state index contributed by atoms with van der Waals surface area (Å²) in [6.07, 6.45) is 5.09. The summed E-state index contributed by atoms with van der Waals surface area (Å²) in [5, 5.41) is 0. The van der Waals surface area contributed by atoms with Crippen molar-refractivity contribution in [1.82, 2.24) is 4.98 Å². The fourth-order valence-corrected chi connectivity index (χ4v) is 3.65. The molecule has 0 saturated carbocycles. The smallest absolute Gasteiger partial charge is 0.159 e. The highest BCUT2D eigenvalue weighted by molar-refractivity contribution is 5.96. The van der Waals surface area contributed by atoms with Gasteiger partial charge >= 0.3 is 0 Å². The van der Waals surface area contributed by atoms with Crippen LogP contribution in [0.5, 0.6) is 5.75 Å². The first-order valence-corrected chi connectivity index (χ1v) is 9.75. The highest BCUT2D eigenvalue weighted by Crippen LogP contribution is 2.39. The van der Waals surface area contributed by atoms with Crippen molar-refractivity contribution in [3.8, 4) is 5.75 Å². The molecular formula is C24H24N2O2. The van der Waals surface area contributed by atoms with Crippen LogP contribution in [0.15, 0.2) is 66.9 Å². The van der Waals surface area contributed by atoms with E-state index in [1.54, 1.807) is 13.1 Å². The van der Waals surface area contributed by atoms with E-state index in [0.29, 0.717) is 12.2 Å². The van der Waals surface area contributed by atoms with Crippen molar-refractivity contribution in [1.29, 1.82) is 0 Å². The van der Waals surface area contributed by atoms with Gasteiger partial charge in [0.2, 0.25) is 0 Å². The topological polar surface area (TPSA) is 42.4 Å². The zero-order chi connectivity index (χ0) is 19.3. The highest BCUT2D eigenvalue weighted by Gasteiger charge is 2.21. The third kappa shape index (κ3) is 3.91. The summed E-state index contributed by atoms with van der Waals surface area (Å²) in [4.78, 5) is 18.6. The summed E-state index contributed by atoms with van der Waals surface area (Å²) < 4.78 is 6.15. The van der Waals surface area contributed by atoms with E-state index in [-0.39, 0.29) is 5.78 Å². The van der Waals surface area contributed by atoms with Crippen LogP contribution in [-0.2, 0) is 13.0 Å². The predicted molar refractivity (Wildman–Crippen MR) is 111 cm³/mol. The minimum absolute atomic E-state index is 0.0561. The van der Waals surface area contributed by atoms with E-state index in [1.165, 1.54) is 11.3 Å². The monoisotopic (exact) mass is 372 g/mol. The van der Waals surface area contributed by atoms with Gasteiger partial charge in [-0.05, 0) is 68.1 Å². The molecule has 0 unspecified atom stereocenters. The van der Waals surface area contributed by atoms with Crippen LogP contribution in [0, 0.1) is 0 Å². The summed E-state index contributed by atoms with van der Waals surface area (Å²) in [6.45, 7) is 2.89. The van der Waals surface area contributed by atoms with Crippen LogP contribution in [0.1, 0.15) is 41.4 Å². The van der Waals surface area contributed by atoms with Gasteiger partial charge in [-0.25, -0.2) is 0 Å². The number of rotatable bonds is 5. The second-order valence-corrected chi connectivity index (χ2v) is 7.09. The molecule has 2 heterocycles. The maximum Gasteiger partial charge on any atom is 0.159 e. The lowest BCUT2D eigenvalue weighted by atomic mass is 10.1. The number of aromatic nitrogens is 1. The fourth-order valence-electron chi connectivity index (χ4n) is 3.65. The molecule has 142 valence electrons. The molecule has 28 heavy (non-hydrogen) atoms. The Bertz CT molecular complexity index is 969. The molecule has 1 aromatic heterocycles. The lowest BCUT2D eigenvalue weighted by Crippen LogP contribution is -2.19. The Morgan fingerprint density at radius 3 is 2.71 bits per heavy atom. The molecule has 0 bridgehead atoms. The number of para-hydroxylation sites is 1. The van der Waals surface area contributed by atoms with Crippen molar-refractivity contribution in [2.45, 2.75) is 32.8 Å². The molecule has 0 N–H and O–H groups in total. The molecule has 0 atom stereocenters. The van der Waals surface area contributed by atoms with Gasteiger partial charge in [-0.15, -0.1) is 0 Å². The Hall–Kier alpha value is -3.14. The maximum atomic E-state index is 12.0. The number of carbonyl (C=O) groups is 1. The summed E-state index contributed by atoms with van der Waals surface area (Å²) in [7, 11) is 0. The quantitative estimate of drug-likeness (QED) is 0.567. The van der Waals surface area contributed by atoms with Gasteiger partial charge in [0.05, 0.1) is 11.4 Å². The summed E-state index contributed by atoms with van der Waals surface area (Å²) in [5.41, 5.74) is 5.05. The standard InChI is InChI=1S/C24H24N2O2/c1-18(27)20-12-13-24(28-17-21-10-4-6-14-25-21)23(16-20)26-15-7-5-9-19-8-2-3-11-22(19)26/h2-4,6,8,10-14,16H,5,7,9,15,17H2,1H3. The van der Waals surface area contributed by atoms with Crippen LogP contribution >= 0.6 is 0 Å². The highest BCUT2D eigenvalue weighted by atomic mass is 16.5. The summed E-state index contributed by atoms with van der Waals surface area (Å²) >= 11 is 0. The minimum atomic E-state index is 0.0561. The Labute approximate surface area is 165 Å². The van der Waals surface area contributed by atoms with Crippen molar-refractivity contribution in [2.24, 2.45) is 0 Å². The summed E-state index contributed by atoms with van der Waals surface area (Å²) in [6, 6.07) is 20.0. The third-order valence-corrected chi connectivity index (χ3v) is 5.12. The average molecular weight is 372 g/mol. The van der Waals surface area contributed by atoms with E-state index in [1.807, 2.05) is 36.4 Å². The number of Topliss-reactive ketones (excluding diaryl/α,β-unsaturated/α-hetero) is 1. The third-order valence-electron chi connectivity index (χ3n) is 5.12. The first kappa shape index (κ1) is 18.2. The molecule has 1 aliphatic heterocycles. The van der Waals surface area contributed by atoms with Gasteiger partial charge in [-0.1, -0.05) is 24.3 Å². The largest absolute Gasteiger partial charge is 0.485 e. The molecule has 0 saturated heterocycles. The number of carbonyl (C=O) groups excluding carboxylic acids is 1. The second kappa shape index (κ2) is 8.26. The SMILES string of the molecule is CC(=O)c1ccc(OCc2ccccn2)c(N2CCCCc3ccccc32)c1. The zero-order valence-corrected chi connectivity index (χ0v) is 16.1. The van der Waals surface area contributed by atoms with E-state index in [4.69, 9.17) is 4.74 Å². The number of fused-ring (bicyclic) bond motifs is 1. The fraction of sp³-hybridized carbons (Fsp3) is 0.250. The van der Waals surface area contributed by atoms with E-state index >= 15 is 0 Å². The summed E-state index contributed by atoms with van der Waals surface area (Å²) in [5.74, 6) is 0.827. The molecule has 4 nitrogen and oxygen atoms in total.